The quantitative estimate of drug-likeness (QED) is 0.523. The van der Waals surface area contributed by atoms with Gasteiger partial charge in [0.25, 0.3) is 0 Å². The summed E-state index contributed by atoms with van der Waals surface area (Å²) >= 11 is 2.91. The Hall–Kier alpha value is 0.352. The summed E-state index contributed by atoms with van der Waals surface area (Å²) < 4.78 is 0. The largest absolute Gasteiger partial charge is 0.298 e. The summed E-state index contributed by atoms with van der Waals surface area (Å²) in [6.45, 7) is 2.75. The number of carbonyl (C=O) groups excluding carboxylic acids is 2. The van der Waals surface area contributed by atoms with Crippen LogP contribution in [0.15, 0.2) is 0 Å². The van der Waals surface area contributed by atoms with Gasteiger partial charge in [0.2, 0.25) is 0 Å². The molecule has 0 N–H and O–H groups in total. The Morgan fingerprint density at radius 3 is 1.44 bits per heavy atom. The van der Waals surface area contributed by atoms with E-state index in [2.05, 4.69) is 15.9 Å². The van der Waals surface area contributed by atoms with Gasteiger partial charge in [-0.25, -0.2) is 0 Å². The van der Waals surface area contributed by atoms with E-state index in [0.29, 0.717) is 0 Å². The molecule has 0 amide bonds. The van der Waals surface area contributed by atoms with Crippen LogP contribution >= 0.6 is 15.9 Å². The molecule has 0 aromatic heterocycles. The van der Waals surface area contributed by atoms with E-state index in [9.17, 15) is 9.59 Å². The first-order valence-electron chi connectivity index (χ1n) is 2.20. The molecular formula is C5H7BrCrO2. The minimum atomic E-state index is -0.595. The minimum absolute atomic E-state index is 0. The van der Waals surface area contributed by atoms with Crippen molar-refractivity contribution >= 4 is 27.5 Å². The van der Waals surface area contributed by atoms with Gasteiger partial charge in [0.1, 0.15) is 4.83 Å². The SMILES string of the molecule is CC(=O)C(Br)C(C)=O.[Cr]. The first kappa shape index (κ1) is 12.1. The Bertz CT molecular complexity index is 110. The van der Waals surface area contributed by atoms with E-state index in [1.165, 1.54) is 13.8 Å². The second kappa shape index (κ2) is 5.16. The predicted octanol–water partition coefficient (Wildman–Crippen LogP) is 0.925. The first-order valence-corrected chi connectivity index (χ1v) is 3.12. The number of hydrogen-bond acceptors (Lipinski definition) is 2. The van der Waals surface area contributed by atoms with Crippen LogP contribution in [-0.4, -0.2) is 16.4 Å². The zero-order valence-electron chi connectivity index (χ0n) is 5.18. The van der Waals surface area contributed by atoms with Crippen LogP contribution in [0, 0.1) is 0 Å². The zero-order chi connectivity index (χ0) is 6.73. The smallest absolute Gasteiger partial charge is 0.150 e. The maximum atomic E-state index is 10.3. The Morgan fingerprint density at radius 2 is 1.44 bits per heavy atom. The zero-order valence-corrected chi connectivity index (χ0v) is 8.04. The third kappa shape index (κ3) is 4.83. The van der Waals surface area contributed by atoms with E-state index in [1.807, 2.05) is 0 Å². The summed E-state index contributed by atoms with van der Waals surface area (Å²) in [5.74, 6) is -0.282. The molecule has 9 heavy (non-hydrogen) atoms. The van der Waals surface area contributed by atoms with Gasteiger partial charge >= 0.3 is 0 Å². The van der Waals surface area contributed by atoms with Gasteiger partial charge in [0.05, 0.1) is 0 Å². The third-order valence-electron chi connectivity index (χ3n) is 0.714. The molecule has 0 radical (unpaired) electrons. The molecule has 0 rings (SSSR count). The van der Waals surface area contributed by atoms with Crippen molar-refractivity contribution in [1.29, 1.82) is 0 Å². The van der Waals surface area contributed by atoms with Crippen molar-refractivity contribution in [1.82, 2.24) is 0 Å². The molecule has 0 aliphatic heterocycles. The molecule has 0 saturated carbocycles. The number of hydrogen-bond donors (Lipinski definition) is 0. The van der Waals surface area contributed by atoms with Crippen molar-refractivity contribution < 1.29 is 27.0 Å². The van der Waals surface area contributed by atoms with Gasteiger partial charge in [-0.2, -0.15) is 0 Å². The van der Waals surface area contributed by atoms with Gasteiger partial charge < -0.3 is 0 Å². The molecule has 0 saturated heterocycles. The fraction of sp³-hybridized carbons (Fsp3) is 0.600. The number of alkyl halides is 1. The summed E-state index contributed by atoms with van der Waals surface area (Å²) in [7, 11) is 0. The van der Waals surface area contributed by atoms with Crippen molar-refractivity contribution in [2.75, 3.05) is 0 Å². The third-order valence-corrected chi connectivity index (χ3v) is 2.00. The van der Waals surface area contributed by atoms with Crippen molar-refractivity contribution in [3.8, 4) is 0 Å². The van der Waals surface area contributed by atoms with Gasteiger partial charge in [0, 0.05) is 17.4 Å². The van der Waals surface area contributed by atoms with E-state index in [0.717, 1.165) is 0 Å². The standard InChI is InChI=1S/C5H7BrO2.Cr/c1-3(7)5(6)4(2)8;/h5H,1-2H3;. The van der Waals surface area contributed by atoms with Crippen molar-refractivity contribution in [3.05, 3.63) is 0 Å². The molecule has 0 heterocycles. The van der Waals surface area contributed by atoms with E-state index < -0.39 is 4.83 Å². The summed E-state index contributed by atoms with van der Waals surface area (Å²) in [6.07, 6.45) is 0. The molecule has 0 bridgehead atoms. The van der Waals surface area contributed by atoms with Gasteiger partial charge in [-0.1, -0.05) is 15.9 Å². The maximum Gasteiger partial charge on any atom is 0.150 e. The summed E-state index contributed by atoms with van der Waals surface area (Å²) in [4.78, 5) is 20.0. The molecule has 0 aliphatic rings. The maximum absolute atomic E-state index is 10.3. The number of ketones is 2. The van der Waals surface area contributed by atoms with Gasteiger partial charge in [0.15, 0.2) is 11.6 Å². The van der Waals surface area contributed by atoms with E-state index in [-0.39, 0.29) is 28.9 Å². The van der Waals surface area contributed by atoms with Crippen LogP contribution in [0.25, 0.3) is 0 Å². The molecule has 0 aliphatic carbocycles. The first-order chi connectivity index (χ1) is 3.55. The average molecular weight is 231 g/mol. The van der Waals surface area contributed by atoms with Crippen molar-refractivity contribution in [2.45, 2.75) is 18.7 Å². The Morgan fingerprint density at radius 1 is 1.22 bits per heavy atom. The molecule has 0 unspecified atom stereocenters. The summed E-state index contributed by atoms with van der Waals surface area (Å²) in [5, 5.41) is 0. The fourth-order valence-corrected chi connectivity index (χ4v) is 0.286. The van der Waals surface area contributed by atoms with Crippen LogP contribution in [-0.2, 0) is 27.0 Å². The van der Waals surface area contributed by atoms with Crippen molar-refractivity contribution in [2.24, 2.45) is 0 Å². The molecule has 0 atom stereocenters. The normalized spacial score (nSPS) is 8.44. The van der Waals surface area contributed by atoms with Crippen molar-refractivity contribution in [3.63, 3.8) is 0 Å². The minimum Gasteiger partial charge on any atom is -0.298 e. The molecular weight excluding hydrogens is 224 g/mol. The van der Waals surface area contributed by atoms with E-state index >= 15 is 0 Å². The fourth-order valence-electron chi connectivity index (χ4n) is 0.286. The number of Topliss-reactive ketones (excluding diaryl/α,β-unsaturated/α-hetero) is 2. The number of halogens is 1. The van der Waals surface area contributed by atoms with Gasteiger partial charge in [-0.3, -0.25) is 9.59 Å². The Kier molecular flexibility index (Phi) is 6.92. The Labute approximate surface area is 73.3 Å². The second-order valence-corrected chi connectivity index (χ2v) is 2.50. The molecule has 52 valence electrons. The molecule has 0 spiro atoms. The van der Waals surface area contributed by atoms with Gasteiger partial charge in [-0.05, 0) is 13.8 Å². The molecule has 0 aromatic carbocycles. The van der Waals surface area contributed by atoms with Crippen LogP contribution in [0.2, 0.25) is 0 Å². The molecule has 0 aromatic rings. The molecule has 4 heteroatoms. The average Bonchev–Trinajstić information content (AvgIpc) is 1.64. The molecule has 0 fully saturated rings. The van der Waals surface area contributed by atoms with Crippen LogP contribution in [0.4, 0.5) is 0 Å². The predicted molar refractivity (Wildman–Crippen MR) is 34.1 cm³/mol. The van der Waals surface area contributed by atoms with E-state index in [1.54, 1.807) is 0 Å². The number of rotatable bonds is 2. The monoisotopic (exact) mass is 230 g/mol. The Balaban J connectivity index is 0. The summed E-state index contributed by atoms with van der Waals surface area (Å²) in [5.41, 5.74) is 0. The van der Waals surface area contributed by atoms with Crippen LogP contribution in [0.3, 0.4) is 0 Å². The van der Waals surface area contributed by atoms with Crippen LogP contribution < -0.4 is 0 Å². The van der Waals surface area contributed by atoms with E-state index in [4.69, 9.17) is 0 Å². The number of carbonyl (C=O) groups is 2. The topological polar surface area (TPSA) is 34.1 Å². The molecule has 2 nitrogen and oxygen atoms in total. The van der Waals surface area contributed by atoms with Crippen LogP contribution in [0.5, 0.6) is 0 Å². The second-order valence-electron chi connectivity index (χ2n) is 1.58. The van der Waals surface area contributed by atoms with Crippen LogP contribution in [0.1, 0.15) is 13.8 Å². The van der Waals surface area contributed by atoms with Gasteiger partial charge in [-0.15, -0.1) is 0 Å². The summed E-state index contributed by atoms with van der Waals surface area (Å²) in [6, 6.07) is 0.